The van der Waals surface area contributed by atoms with Crippen molar-refractivity contribution in [3.05, 3.63) is 35.1 Å². The minimum Gasteiger partial charge on any atom is -0.295 e. The van der Waals surface area contributed by atoms with Crippen LogP contribution in [0.15, 0.2) is 18.2 Å². The van der Waals surface area contributed by atoms with Gasteiger partial charge >= 0.3 is 0 Å². The molecule has 0 spiro atoms. The van der Waals surface area contributed by atoms with E-state index in [1.165, 1.54) is 12.0 Å². The number of hydrogen-bond acceptors (Lipinski definition) is 1. The first-order valence-corrected chi connectivity index (χ1v) is 6.05. The van der Waals surface area contributed by atoms with E-state index in [4.69, 9.17) is 0 Å². The van der Waals surface area contributed by atoms with Gasteiger partial charge < -0.3 is 0 Å². The van der Waals surface area contributed by atoms with E-state index in [0.717, 1.165) is 25.1 Å². The third kappa shape index (κ3) is 1.56. The van der Waals surface area contributed by atoms with Crippen molar-refractivity contribution in [2.75, 3.05) is 6.54 Å². The van der Waals surface area contributed by atoms with E-state index in [9.17, 15) is 4.39 Å². The van der Waals surface area contributed by atoms with Crippen molar-refractivity contribution < 1.29 is 4.39 Å². The number of halogens is 1. The Morgan fingerprint density at radius 3 is 3.00 bits per heavy atom. The first-order chi connectivity index (χ1) is 7.55. The molecule has 86 valence electrons. The van der Waals surface area contributed by atoms with Gasteiger partial charge in [-0.3, -0.25) is 4.90 Å². The van der Waals surface area contributed by atoms with E-state index in [1.807, 2.05) is 6.07 Å². The summed E-state index contributed by atoms with van der Waals surface area (Å²) in [4.78, 5) is 2.45. The highest BCUT2D eigenvalue weighted by molar-refractivity contribution is 5.32. The molecule has 2 heterocycles. The molecule has 0 radical (unpaired) electrons. The minimum absolute atomic E-state index is 0.0272. The van der Waals surface area contributed by atoms with Crippen LogP contribution in [0.1, 0.15) is 31.4 Å². The summed E-state index contributed by atoms with van der Waals surface area (Å²) in [6.07, 6.45) is 2.26. The van der Waals surface area contributed by atoms with Gasteiger partial charge in [-0.15, -0.1) is 0 Å². The lowest BCUT2D eigenvalue weighted by atomic mass is 9.88. The standard InChI is InChI=1S/C14H18FN/c1-14(2)7-11-6-10-4-3-5-13(15)12(10)8-16(11)9-14/h3-5,11H,6-9H2,1-2H3. The van der Waals surface area contributed by atoms with Gasteiger partial charge in [0.25, 0.3) is 0 Å². The van der Waals surface area contributed by atoms with Crippen molar-refractivity contribution in [2.24, 2.45) is 5.41 Å². The Morgan fingerprint density at radius 2 is 2.19 bits per heavy atom. The molecular formula is C14H18FN. The summed E-state index contributed by atoms with van der Waals surface area (Å²) < 4.78 is 13.7. The van der Waals surface area contributed by atoms with Crippen LogP contribution in [0.4, 0.5) is 4.39 Å². The molecule has 0 aromatic heterocycles. The zero-order chi connectivity index (χ0) is 11.3. The number of rotatable bonds is 0. The molecule has 1 aromatic carbocycles. The lowest BCUT2D eigenvalue weighted by Crippen LogP contribution is -2.36. The minimum atomic E-state index is -0.0272. The quantitative estimate of drug-likeness (QED) is 0.648. The Kier molecular flexibility index (Phi) is 2.12. The van der Waals surface area contributed by atoms with E-state index in [0.29, 0.717) is 11.5 Å². The van der Waals surface area contributed by atoms with Crippen molar-refractivity contribution in [1.29, 1.82) is 0 Å². The van der Waals surface area contributed by atoms with Gasteiger partial charge in [-0.1, -0.05) is 26.0 Å². The fourth-order valence-electron chi connectivity index (χ4n) is 3.33. The summed E-state index contributed by atoms with van der Waals surface area (Å²) >= 11 is 0. The molecule has 2 aliphatic heterocycles. The summed E-state index contributed by atoms with van der Waals surface area (Å²) in [5.41, 5.74) is 2.54. The average Bonchev–Trinajstić information content (AvgIpc) is 2.48. The Labute approximate surface area is 96.3 Å². The number of nitrogens with zero attached hydrogens (tertiary/aromatic N) is 1. The van der Waals surface area contributed by atoms with Crippen LogP contribution in [0.2, 0.25) is 0 Å². The second-order valence-electron chi connectivity index (χ2n) is 6.01. The number of benzene rings is 1. The maximum Gasteiger partial charge on any atom is 0.127 e. The third-order valence-corrected chi connectivity index (χ3v) is 3.97. The Hall–Kier alpha value is -0.890. The topological polar surface area (TPSA) is 3.24 Å². The molecule has 1 atom stereocenters. The van der Waals surface area contributed by atoms with Crippen molar-refractivity contribution in [2.45, 2.75) is 39.3 Å². The van der Waals surface area contributed by atoms with Gasteiger partial charge in [0.15, 0.2) is 0 Å². The van der Waals surface area contributed by atoms with Crippen molar-refractivity contribution in [3.8, 4) is 0 Å². The van der Waals surface area contributed by atoms with E-state index in [-0.39, 0.29) is 5.82 Å². The summed E-state index contributed by atoms with van der Waals surface area (Å²) in [7, 11) is 0. The highest BCUT2D eigenvalue weighted by Gasteiger charge is 2.40. The second kappa shape index (κ2) is 3.30. The molecule has 0 aliphatic carbocycles. The molecule has 3 rings (SSSR count). The number of hydrogen-bond donors (Lipinski definition) is 0. The monoisotopic (exact) mass is 219 g/mol. The van der Waals surface area contributed by atoms with Gasteiger partial charge in [-0.05, 0) is 29.9 Å². The maximum atomic E-state index is 13.7. The number of fused-ring (bicyclic) bond motifs is 2. The zero-order valence-corrected chi connectivity index (χ0v) is 9.96. The first kappa shape index (κ1) is 10.3. The average molecular weight is 219 g/mol. The van der Waals surface area contributed by atoms with Gasteiger partial charge in [-0.25, -0.2) is 4.39 Å². The smallest absolute Gasteiger partial charge is 0.127 e. The van der Waals surface area contributed by atoms with Crippen LogP contribution < -0.4 is 0 Å². The van der Waals surface area contributed by atoms with E-state index in [2.05, 4.69) is 24.8 Å². The van der Waals surface area contributed by atoms with Gasteiger partial charge in [0.05, 0.1) is 0 Å². The molecule has 1 saturated heterocycles. The van der Waals surface area contributed by atoms with Crippen LogP contribution in [0.3, 0.4) is 0 Å². The summed E-state index contributed by atoms with van der Waals surface area (Å²) in [6, 6.07) is 6.13. The SMILES string of the molecule is CC1(C)CC2Cc3cccc(F)c3CN2C1. The Bertz CT molecular complexity index is 425. The molecule has 1 nitrogen and oxygen atoms in total. The Morgan fingerprint density at radius 1 is 1.38 bits per heavy atom. The molecule has 2 aliphatic rings. The summed E-state index contributed by atoms with van der Waals surface area (Å²) in [6.45, 7) is 6.53. The molecule has 16 heavy (non-hydrogen) atoms. The predicted molar refractivity (Wildman–Crippen MR) is 62.7 cm³/mol. The molecule has 1 unspecified atom stereocenters. The van der Waals surface area contributed by atoms with Crippen LogP contribution in [0, 0.1) is 11.2 Å². The second-order valence-corrected chi connectivity index (χ2v) is 6.01. The molecule has 1 fully saturated rings. The van der Waals surface area contributed by atoms with E-state index < -0.39 is 0 Å². The van der Waals surface area contributed by atoms with Crippen LogP contribution in [0.25, 0.3) is 0 Å². The van der Waals surface area contributed by atoms with Crippen molar-refractivity contribution in [1.82, 2.24) is 4.90 Å². The molecule has 2 heteroatoms. The lowest BCUT2D eigenvalue weighted by Gasteiger charge is -2.31. The largest absolute Gasteiger partial charge is 0.295 e. The predicted octanol–water partition coefficient (Wildman–Crippen LogP) is 2.98. The molecule has 1 aromatic rings. The lowest BCUT2D eigenvalue weighted by molar-refractivity contribution is 0.214. The molecule has 0 amide bonds. The van der Waals surface area contributed by atoms with Crippen LogP contribution >= 0.6 is 0 Å². The molecule has 0 saturated carbocycles. The first-order valence-electron chi connectivity index (χ1n) is 6.05. The van der Waals surface area contributed by atoms with Gasteiger partial charge in [0.1, 0.15) is 5.82 Å². The van der Waals surface area contributed by atoms with Crippen molar-refractivity contribution >= 4 is 0 Å². The molecule has 0 N–H and O–H groups in total. The van der Waals surface area contributed by atoms with Crippen molar-refractivity contribution in [3.63, 3.8) is 0 Å². The normalized spacial score (nSPS) is 27.6. The van der Waals surface area contributed by atoms with E-state index >= 15 is 0 Å². The Balaban J connectivity index is 1.94. The fourth-order valence-corrected chi connectivity index (χ4v) is 3.33. The van der Waals surface area contributed by atoms with Crippen LogP contribution in [-0.2, 0) is 13.0 Å². The van der Waals surface area contributed by atoms with Crippen LogP contribution in [-0.4, -0.2) is 17.5 Å². The zero-order valence-electron chi connectivity index (χ0n) is 9.96. The molecular weight excluding hydrogens is 201 g/mol. The van der Waals surface area contributed by atoms with Gasteiger partial charge in [0, 0.05) is 24.7 Å². The fraction of sp³-hybridized carbons (Fsp3) is 0.571. The third-order valence-electron chi connectivity index (χ3n) is 3.97. The molecule has 0 bridgehead atoms. The van der Waals surface area contributed by atoms with Gasteiger partial charge in [-0.2, -0.15) is 0 Å². The van der Waals surface area contributed by atoms with E-state index in [1.54, 1.807) is 6.07 Å². The summed E-state index contributed by atoms with van der Waals surface area (Å²) in [5, 5.41) is 0. The van der Waals surface area contributed by atoms with Gasteiger partial charge in [0.2, 0.25) is 0 Å². The maximum absolute atomic E-state index is 13.7. The van der Waals surface area contributed by atoms with Crippen LogP contribution in [0.5, 0.6) is 0 Å². The highest BCUT2D eigenvalue weighted by Crippen LogP contribution is 2.39. The highest BCUT2D eigenvalue weighted by atomic mass is 19.1. The summed E-state index contributed by atoms with van der Waals surface area (Å²) in [5.74, 6) is -0.0272.